The number of para-hydroxylation sites is 2. The van der Waals surface area contributed by atoms with Crippen LogP contribution in [0.15, 0.2) is 127 Å². The van der Waals surface area contributed by atoms with Gasteiger partial charge in [0.1, 0.15) is 0 Å². The molecule has 300 valence electrons. The lowest BCUT2D eigenvalue weighted by Crippen LogP contribution is -2.44. The number of fused-ring (bicyclic) bond motifs is 6. The molecule has 5 aliphatic rings. The molecule has 0 bridgehead atoms. The Morgan fingerprint density at radius 2 is 1.05 bits per heavy atom. The predicted molar refractivity (Wildman–Crippen MR) is 248 cm³/mol. The maximum Gasteiger partial charge on any atom is 0.0642 e. The van der Waals surface area contributed by atoms with E-state index in [-0.39, 0.29) is 5.92 Å². The monoisotopic (exact) mass is 786 g/mol. The van der Waals surface area contributed by atoms with Crippen LogP contribution in [-0.4, -0.2) is 52.6 Å². The molecule has 0 radical (unpaired) electrons. The van der Waals surface area contributed by atoms with Gasteiger partial charge in [-0.25, -0.2) is 0 Å². The van der Waals surface area contributed by atoms with Crippen molar-refractivity contribution < 1.29 is 9.47 Å². The fraction of sp³-hybridized carbons (Fsp3) is 0.286. The summed E-state index contributed by atoms with van der Waals surface area (Å²) in [6.07, 6.45) is 11.4. The fourth-order valence-electron chi connectivity index (χ4n) is 11.5. The summed E-state index contributed by atoms with van der Waals surface area (Å²) in [7, 11) is 0. The summed E-state index contributed by atoms with van der Waals surface area (Å²) >= 11 is 0. The van der Waals surface area contributed by atoms with Crippen LogP contribution in [0, 0.1) is 33.6 Å². The molecule has 4 nitrogen and oxygen atoms in total. The van der Waals surface area contributed by atoms with Crippen LogP contribution in [-0.2, 0) is 27.7 Å². The minimum absolute atomic E-state index is 0.0384. The number of aryl methyl sites for hydroxylation is 3. The average molecular weight is 787 g/mol. The molecule has 3 aliphatic carbocycles. The van der Waals surface area contributed by atoms with Gasteiger partial charge in [0.25, 0.3) is 0 Å². The molecule has 2 aliphatic heterocycles. The molecule has 2 saturated heterocycles. The van der Waals surface area contributed by atoms with Gasteiger partial charge in [0.05, 0.1) is 31.8 Å². The van der Waals surface area contributed by atoms with Crippen LogP contribution in [0.4, 0.5) is 11.4 Å². The van der Waals surface area contributed by atoms with Gasteiger partial charge in [0.15, 0.2) is 0 Å². The van der Waals surface area contributed by atoms with Gasteiger partial charge in [-0.15, -0.1) is 0 Å². The first-order chi connectivity index (χ1) is 29.4. The Morgan fingerprint density at radius 3 is 1.72 bits per heavy atom. The van der Waals surface area contributed by atoms with Gasteiger partial charge in [-0.1, -0.05) is 115 Å². The number of hydrogen-bond donors (Lipinski definition) is 0. The standard InChI is InChI=1S/C56H54N2O2/c1-36-31-41-35-48-47(46(41)32-37(36)2)33-38(3)39(4)54(48)45-22-21-44-43-16-8-5-13-40(43)34-49(44)55(45)56(42-14-6-7-15-42,50-17-9-11-19-52(50)57-23-27-59-28-24-57)51-18-10-12-20-53(51)58-25-29-60-30-26-58/h5-22,31-33,42H,23-30,34-35H2,1-4H3. The number of morpholine rings is 2. The molecule has 11 rings (SSSR count). The second kappa shape index (κ2) is 14.8. The maximum atomic E-state index is 6.01. The van der Waals surface area contributed by atoms with Crippen LogP contribution in [0.2, 0.25) is 0 Å². The Kier molecular flexibility index (Phi) is 9.21. The molecular weight excluding hydrogens is 733 g/mol. The van der Waals surface area contributed by atoms with E-state index in [2.05, 4.69) is 165 Å². The third-order valence-corrected chi connectivity index (χ3v) is 14.6. The molecule has 0 atom stereocenters. The van der Waals surface area contributed by atoms with Crippen LogP contribution < -0.4 is 9.80 Å². The highest BCUT2D eigenvalue weighted by Gasteiger charge is 2.50. The number of benzene rings is 6. The third kappa shape index (κ3) is 5.71. The van der Waals surface area contributed by atoms with Crippen molar-refractivity contribution in [3.8, 4) is 33.4 Å². The van der Waals surface area contributed by atoms with Gasteiger partial charge in [-0.05, 0) is 147 Å². The minimum Gasteiger partial charge on any atom is -0.378 e. The summed E-state index contributed by atoms with van der Waals surface area (Å²) in [6, 6.07) is 40.4. The molecule has 0 N–H and O–H groups in total. The molecule has 0 aromatic heterocycles. The van der Waals surface area contributed by atoms with Crippen molar-refractivity contribution in [3.63, 3.8) is 0 Å². The average Bonchev–Trinajstić information content (AvgIpc) is 4.04. The summed E-state index contributed by atoms with van der Waals surface area (Å²) in [5.74, 6) is 0.0384. The van der Waals surface area contributed by atoms with Gasteiger partial charge >= 0.3 is 0 Å². The minimum atomic E-state index is -0.627. The van der Waals surface area contributed by atoms with E-state index in [9.17, 15) is 0 Å². The zero-order valence-electron chi connectivity index (χ0n) is 35.5. The molecule has 6 aromatic carbocycles. The lowest BCUT2D eigenvalue weighted by molar-refractivity contribution is 0.122. The molecule has 0 amide bonds. The number of anilines is 2. The number of nitrogens with zero attached hydrogens (tertiary/aromatic N) is 2. The van der Waals surface area contributed by atoms with Crippen molar-refractivity contribution in [1.82, 2.24) is 0 Å². The Labute approximate surface area is 355 Å². The van der Waals surface area contributed by atoms with Crippen LogP contribution >= 0.6 is 0 Å². The Balaban J connectivity index is 1.31. The zero-order valence-corrected chi connectivity index (χ0v) is 35.5. The molecular formula is C56H54N2O2. The largest absolute Gasteiger partial charge is 0.378 e. The summed E-state index contributed by atoms with van der Waals surface area (Å²) < 4.78 is 12.0. The van der Waals surface area contributed by atoms with Crippen LogP contribution in [0.1, 0.15) is 61.2 Å². The van der Waals surface area contributed by atoms with Gasteiger partial charge < -0.3 is 19.3 Å². The first kappa shape index (κ1) is 37.3. The highest BCUT2D eigenvalue weighted by molar-refractivity contribution is 5.93. The number of allylic oxidation sites excluding steroid dienone is 4. The molecule has 0 spiro atoms. The predicted octanol–water partition coefficient (Wildman–Crippen LogP) is 11.5. The first-order valence-electron chi connectivity index (χ1n) is 22.1. The molecule has 2 heterocycles. The SMILES string of the molecule is Cc1cc2c(cc1C)-c1cc(C)c(C)c(-c3ccc4c(c3C(c3ccccc3N3CCOCC3)(c3ccccc3N3CCOCC3)C3C=CC=C3)Cc3ccccc3-4)c1C2. The Hall–Kier alpha value is -5.68. The zero-order chi connectivity index (χ0) is 40.5. The highest BCUT2D eigenvalue weighted by Crippen LogP contribution is 2.60. The van der Waals surface area contributed by atoms with Crippen molar-refractivity contribution >= 4 is 11.4 Å². The lowest BCUT2D eigenvalue weighted by atomic mass is 9.58. The molecule has 6 aromatic rings. The van der Waals surface area contributed by atoms with Crippen LogP contribution in [0.25, 0.3) is 33.4 Å². The van der Waals surface area contributed by atoms with E-state index in [0.29, 0.717) is 0 Å². The third-order valence-electron chi connectivity index (χ3n) is 14.6. The van der Waals surface area contributed by atoms with E-state index in [4.69, 9.17) is 9.47 Å². The highest BCUT2D eigenvalue weighted by atomic mass is 16.5. The summed E-state index contributed by atoms with van der Waals surface area (Å²) in [4.78, 5) is 5.20. The molecule has 0 unspecified atom stereocenters. The molecule has 4 heteroatoms. The first-order valence-corrected chi connectivity index (χ1v) is 22.1. The number of rotatable bonds is 7. The second-order valence-corrected chi connectivity index (χ2v) is 17.7. The van der Waals surface area contributed by atoms with Gasteiger partial charge in [0.2, 0.25) is 0 Å². The van der Waals surface area contributed by atoms with E-state index >= 15 is 0 Å². The summed E-state index contributed by atoms with van der Waals surface area (Å²) in [5, 5.41) is 0. The van der Waals surface area contributed by atoms with Crippen LogP contribution in [0.5, 0.6) is 0 Å². The van der Waals surface area contributed by atoms with E-state index in [1.165, 1.54) is 106 Å². The van der Waals surface area contributed by atoms with Gasteiger partial charge in [-0.2, -0.15) is 0 Å². The molecule has 60 heavy (non-hydrogen) atoms. The lowest BCUT2D eigenvalue weighted by Gasteiger charge is -2.47. The van der Waals surface area contributed by atoms with E-state index in [1.807, 2.05) is 0 Å². The van der Waals surface area contributed by atoms with Crippen molar-refractivity contribution in [3.05, 3.63) is 189 Å². The van der Waals surface area contributed by atoms with E-state index in [0.717, 1.165) is 65.4 Å². The normalized spacial score (nSPS) is 16.9. The quantitative estimate of drug-likeness (QED) is 0.150. The van der Waals surface area contributed by atoms with E-state index in [1.54, 1.807) is 0 Å². The second-order valence-electron chi connectivity index (χ2n) is 17.7. The topological polar surface area (TPSA) is 24.9 Å². The molecule has 2 fully saturated rings. The Morgan fingerprint density at radius 1 is 0.500 bits per heavy atom. The number of hydrogen-bond acceptors (Lipinski definition) is 4. The van der Waals surface area contributed by atoms with E-state index < -0.39 is 5.41 Å². The van der Waals surface area contributed by atoms with Crippen molar-refractivity contribution in [2.24, 2.45) is 5.92 Å². The van der Waals surface area contributed by atoms with Crippen molar-refractivity contribution in [1.29, 1.82) is 0 Å². The maximum absolute atomic E-state index is 6.01. The summed E-state index contributed by atoms with van der Waals surface area (Å²) in [5.41, 5.74) is 25.6. The number of ether oxygens (including phenoxy) is 2. The molecule has 0 saturated carbocycles. The van der Waals surface area contributed by atoms with Crippen molar-refractivity contribution in [2.75, 3.05) is 62.4 Å². The van der Waals surface area contributed by atoms with Gasteiger partial charge in [-0.3, -0.25) is 0 Å². The smallest absolute Gasteiger partial charge is 0.0642 e. The van der Waals surface area contributed by atoms with Crippen molar-refractivity contribution in [2.45, 2.75) is 46.0 Å². The summed E-state index contributed by atoms with van der Waals surface area (Å²) in [6.45, 7) is 15.6. The van der Waals surface area contributed by atoms with Crippen LogP contribution in [0.3, 0.4) is 0 Å². The van der Waals surface area contributed by atoms with Gasteiger partial charge in [0, 0.05) is 43.5 Å². The fourth-order valence-corrected chi connectivity index (χ4v) is 11.5. The Bertz CT molecular complexity index is 2670.